The van der Waals surface area contributed by atoms with E-state index < -0.39 is 12.1 Å². The highest BCUT2D eigenvalue weighted by molar-refractivity contribution is 6.31. The molecule has 0 aliphatic heterocycles. The number of rotatable bonds is 5. The van der Waals surface area contributed by atoms with E-state index >= 15 is 0 Å². The minimum absolute atomic E-state index is 0.00648. The third-order valence-electron chi connectivity index (χ3n) is 4.50. The first-order valence-electron chi connectivity index (χ1n) is 8.83. The van der Waals surface area contributed by atoms with Gasteiger partial charge in [0.15, 0.2) is 11.9 Å². The molecule has 0 saturated heterocycles. The molecule has 1 aromatic carbocycles. The van der Waals surface area contributed by atoms with Crippen molar-refractivity contribution < 1.29 is 14.3 Å². The lowest BCUT2D eigenvalue weighted by Crippen LogP contribution is -2.29. The Bertz CT molecular complexity index is 872. The topological polar surface area (TPSA) is 61.2 Å². The molecule has 0 N–H and O–H groups in total. The van der Waals surface area contributed by atoms with E-state index in [2.05, 4.69) is 5.10 Å². The van der Waals surface area contributed by atoms with E-state index in [0.717, 1.165) is 18.4 Å². The van der Waals surface area contributed by atoms with Crippen LogP contribution < -0.4 is 0 Å². The third kappa shape index (κ3) is 4.99. The minimum Gasteiger partial charge on any atom is -0.451 e. The van der Waals surface area contributed by atoms with Crippen molar-refractivity contribution in [3.63, 3.8) is 0 Å². The van der Waals surface area contributed by atoms with Crippen molar-refractivity contribution in [2.75, 3.05) is 0 Å². The Morgan fingerprint density at radius 1 is 1.30 bits per heavy atom. The van der Waals surface area contributed by atoms with Gasteiger partial charge in [0.05, 0.1) is 12.2 Å². The summed E-state index contributed by atoms with van der Waals surface area (Å²) in [5.74, 6) is -0.552. The highest BCUT2D eigenvalue weighted by Crippen LogP contribution is 2.23. The summed E-state index contributed by atoms with van der Waals surface area (Å²) in [5.41, 5.74) is 2.36. The second-order valence-corrected chi connectivity index (χ2v) is 7.34. The fraction of sp³-hybridized carbons (Fsp3) is 0.350. The van der Waals surface area contributed by atoms with Crippen LogP contribution in [0.3, 0.4) is 0 Å². The normalized spacial score (nSPS) is 17.4. The zero-order valence-corrected chi connectivity index (χ0v) is 16.5. The van der Waals surface area contributed by atoms with E-state index in [1.165, 1.54) is 6.08 Å². The molecule has 0 spiro atoms. The van der Waals surface area contributed by atoms with Gasteiger partial charge in [-0.1, -0.05) is 35.3 Å². The van der Waals surface area contributed by atoms with Crippen LogP contribution in [0, 0.1) is 6.92 Å². The number of hydrogen-bond donors (Lipinski definition) is 0. The van der Waals surface area contributed by atoms with Gasteiger partial charge in [0.25, 0.3) is 0 Å². The van der Waals surface area contributed by atoms with Gasteiger partial charge in [0, 0.05) is 23.1 Å². The molecule has 0 radical (unpaired) electrons. The smallest absolute Gasteiger partial charge is 0.331 e. The molecule has 1 heterocycles. The number of hydrogen-bond acceptors (Lipinski definition) is 4. The number of halogens is 2. The molecule has 0 amide bonds. The van der Waals surface area contributed by atoms with Gasteiger partial charge in [-0.2, -0.15) is 5.10 Å². The molecule has 1 fully saturated rings. The standard InChI is InChI=1S/C20H20Cl2N2O3/c1-13-16(10-11-19(26)27-18-5-3-2-4-17(18)25)20(22)24(23-13)12-14-6-8-15(21)9-7-14/h6-11,18H,2-5,12H2,1H3/b11-10+/t18-/m1/s1. The number of nitrogens with zero attached hydrogens (tertiary/aromatic N) is 2. The van der Waals surface area contributed by atoms with E-state index in [1.807, 2.05) is 31.2 Å². The summed E-state index contributed by atoms with van der Waals surface area (Å²) in [5, 5.41) is 5.53. The lowest BCUT2D eigenvalue weighted by molar-refractivity contribution is -0.152. The molecule has 1 aromatic heterocycles. The maximum atomic E-state index is 12.0. The summed E-state index contributed by atoms with van der Waals surface area (Å²) >= 11 is 12.3. The highest BCUT2D eigenvalue weighted by atomic mass is 35.5. The van der Waals surface area contributed by atoms with Gasteiger partial charge in [-0.3, -0.25) is 4.79 Å². The SMILES string of the molecule is Cc1nn(Cc2ccc(Cl)cc2)c(Cl)c1/C=C/C(=O)O[C@@H]1CCCCC1=O. The molecule has 0 unspecified atom stereocenters. The van der Waals surface area contributed by atoms with Crippen LogP contribution in [0.25, 0.3) is 6.08 Å². The summed E-state index contributed by atoms with van der Waals surface area (Å²) in [6.45, 7) is 2.31. The molecule has 1 saturated carbocycles. The van der Waals surface area contributed by atoms with Gasteiger partial charge in [-0.15, -0.1) is 0 Å². The fourth-order valence-electron chi connectivity index (χ4n) is 3.03. The van der Waals surface area contributed by atoms with Crippen LogP contribution in [-0.4, -0.2) is 27.6 Å². The van der Waals surface area contributed by atoms with Crippen LogP contribution in [0.1, 0.15) is 42.5 Å². The van der Waals surface area contributed by atoms with Crippen molar-refractivity contribution in [3.8, 4) is 0 Å². The van der Waals surface area contributed by atoms with Crippen molar-refractivity contribution in [2.45, 2.75) is 45.3 Å². The average Bonchev–Trinajstić information content (AvgIpc) is 2.90. The van der Waals surface area contributed by atoms with Crippen LogP contribution in [0.2, 0.25) is 10.2 Å². The molecule has 5 nitrogen and oxygen atoms in total. The maximum absolute atomic E-state index is 12.0. The predicted octanol–water partition coefficient (Wildman–Crippen LogP) is 4.61. The Balaban J connectivity index is 1.68. The van der Waals surface area contributed by atoms with Crippen LogP contribution >= 0.6 is 23.2 Å². The monoisotopic (exact) mass is 406 g/mol. The van der Waals surface area contributed by atoms with Gasteiger partial charge in [0.1, 0.15) is 5.15 Å². The second kappa shape index (κ2) is 8.72. The zero-order chi connectivity index (χ0) is 19.4. The van der Waals surface area contributed by atoms with Crippen molar-refractivity contribution in [3.05, 3.63) is 57.3 Å². The number of aryl methyl sites for hydroxylation is 1. The van der Waals surface area contributed by atoms with E-state index in [0.29, 0.717) is 40.8 Å². The molecular formula is C20H20Cl2N2O3. The third-order valence-corrected chi connectivity index (χ3v) is 5.15. The Morgan fingerprint density at radius 3 is 2.74 bits per heavy atom. The second-order valence-electron chi connectivity index (χ2n) is 6.54. The van der Waals surface area contributed by atoms with Crippen molar-refractivity contribution in [2.24, 2.45) is 0 Å². The number of Topliss-reactive ketones (excluding diaryl/α,β-unsaturated/α-hetero) is 1. The van der Waals surface area contributed by atoms with E-state index in [4.69, 9.17) is 27.9 Å². The van der Waals surface area contributed by atoms with Gasteiger partial charge >= 0.3 is 5.97 Å². The number of ketones is 1. The maximum Gasteiger partial charge on any atom is 0.331 e. The van der Waals surface area contributed by atoms with Gasteiger partial charge in [-0.25, -0.2) is 9.48 Å². The first-order valence-corrected chi connectivity index (χ1v) is 9.58. The number of carbonyl (C=O) groups excluding carboxylic acids is 2. The average molecular weight is 407 g/mol. The molecule has 2 aromatic rings. The lowest BCUT2D eigenvalue weighted by Gasteiger charge is -2.19. The molecule has 0 bridgehead atoms. The summed E-state index contributed by atoms with van der Waals surface area (Å²) < 4.78 is 6.92. The van der Waals surface area contributed by atoms with Gasteiger partial charge in [0.2, 0.25) is 0 Å². The van der Waals surface area contributed by atoms with Crippen molar-refractivity contribution in [1.82, 2.24) is 9.78 Å². The molecule has 1 aliphatic carbocycles. The number of aromatic nitrogens is 2. The number of ether oxygens (including phenoxy) is 1. The number of carbonyl (C=O) groups is 2. The first kappa shape index (κ1) is 19.6. The van der Waals surface area contributed by atoms with Gasteiger partial charge < -0.3 is 4.74 Å². The van der Waals surface area contributed by atoms with Crippen LogP contribution in [-0.2, 0) is 20.9 Å². The number of benzene rings is 1. The lowest BCUT2D eigenvalue weighted by atomic mass is 9.96. The first-order chi connectivity index (χ1) is 12.9. The zero-order valence-electron chi connectivity index (χ0n) is 15.0. The summed E-state index contributed by atoms with van der Waals surface area (Å²) in [4.78, 5) is 23.8. The molecule has 3 rings (SSSR count). The van der Waals surface area contributed by atoms with E-state index in [9.17, 15) is 9.59 Å². The molecule has 1 atom stereocenters. The van der Waals surface area contributed by atoms with E-state index in [1.54, 1.807) is 10.8 Å². The molecule has 1 aliphatic rings. The fourth-order valence-corrected chi connectivity index (χ4v) is 3.45. The molecule has 7 heteroatoms. The molecular weight excluding hydrogens is 387 g/mol. The Labute approximate surface area is 167 Å². The summed E-state index contributed by atoms with van der Waals surface area (Å²) in [6.07, 6.45) is 5.09. The Hall–Kier alpha value is -2.11. The Morgan fingerprint density at radius 2 is 2.04 bits per heavy atom. The summed E-state index contributed by atoms with van der Waals surface area (Å²) in [7, 11) is 0. The predicted molar refractivity (Wildman–Crippen MR) is 105 cm³/mol. The quantitative estimate of drug-likeness (QED) is 0.536. The Kier molecular flexibility index (Phi) is 6.34. The highest BCUT2D eigenvalue weighted by Gasteiger charge is 2.25. The number of esters is 1. The van der Waals surface area contributed by atoms with Crippen LogP contribution in [0.5, 0.6) is 0 Å². The minimum atomic E-state index is -0.625. The van der Waals surface area contributed by atoms with Gasteiger partial charge in [-0.05, 0) is 50.0 Å². The molecule has 27 heavy (non-hydrogen) atoms. The summed E-state index contributed by atoms with van der Waals surface area (Å²) in [6, 6.07) is 7.43. The van der Waals surface area contributed by atoms with E-state index in [-0.39, 0.29) is 5.78 Å². The largest absolute Gasteiger partial charge is 0.451 e. The van der Waals surface area contributed by atoms with Crippen LogP contribution in [0.4, 0.5) is 0 Å². The van der Waals surface area contributed by atoms with Crippen molar-refractivity contribution in [1.29, 1.82) is 0 Å². The van der Waals surface area contributed by atoms with Crippen molar-refractivity contribution >= 4 is 41.0 Å². The molecule has 142 valence electrons. The van der Waals surface area contributed by atoms with Crippen LogP contribution in [0.15, 0.2) is 30.3 Å².